The summed E-state index contributed by atoms with van der Waals surface area (Å²) >= 11 is 0. The number of hydrogen-bond donors (Lipinski definition) is 2. The second kappa shape index (κ2) is 7.25. The summed E-state index contributed by atoms with van der Waals surface area (Å²) in [6.45, 7) is 1.94. The molecule has 0 bridgehead atoms. The first kappa shape index (κ1) is 16.5. The molecule has 0 spiro atoms. The van der Waals surface area contributed by atoms with Crippen LogP contribution in [0, 0.1) is 0 Å². The van der Waals surface area contributed by atoms with Gasteiger partial charge in [-0.15, -0.1) is 0 Å². The van der Waals surface area contributed by atoms with E-state index < -0.39 is 16.0 Å². The molecule has 0 aromatic heterocycles. The lowest BCUT2D eigenvalue weighted by Gasteiger charge is -2.11. The molecular formula is C13H19NO5S. The van der Waals surface area contributed by atoms with Gasteiger partial charge in [-0.1, -0.05) is 19.1 Å². The normalized spacial score (nSPS) is 12.9. The van der Waals surface area contributed by atoms with E-state index in [1.165, 1.54) is 7.11 Å². The third-order valence-electron chi connectivity index (χ3n) is 2.79. The van der Waals surface area contributed by atoms with Crippen molar-refractivity contribution in [1.29, 1.82) is 0 Å². The van der Waals surface area contributed by atoms with Gasteiger partial charge in [0.25, 0.3) is 0 Å². The zero-order chi connectivity index (χ0) is 15.2. The highest BCUT2D eigenvalue weighted by Crippen LogP contribution is 2.21. The van der Waals surface area contributed by atoms with Gasteiger partial charge in [-0.05, 0) is 23.6 Å². The Morgan fingerprint density at radius 3 is 2.45 bits per heavy atom. The van der Waals surface area contributed by atoms with E-state index in [-0.39, 0.29) is 24.7 Å². The number of rotatable bonds is 8. The number of carbonyl (C=O) groups is 1. The van der Waals surface area contributed by atoms with E-state index in [1.54, 1.807) is 24.3 Å². The molecule has 0 amide bonds. The van der Waals surface area contributed by atoms with Crippen molar-refractivity contribution in [1.82, 2.24) is 0 Å². The van der Waals surface area contributed by atoms with E-state index in [1.807, 2.05) is 6.92 Å². The number of aliphatic carboxylic acids is 1. The predicted octanol–water partition coefficient (Wildman–Crippen LogP) is 1.65. The monoisotopic (exact) mass is 301 g/mol. The van der Waals surface area contributed by atoms with Crippen molar-refractivity contribution in [2.24, 2.45) is 0 Å². The summed E-state index contributed by atoms with van der Waals surface area (Å²) in [6.07, 6.45) is 0.0406. The number of methoxy groups -OCH3 is 1. The Hall–Kier alpha value is -1.60. The molecule has 1 atom stereocenters. The largest absolute Gasteiger partial charge is 0.481 e. The lowest BCUT2D eigenvalue weighted by atomic mass is 9.98. The minimum atomic E-state index is -3.42. The summed E-state index contributed by atoms with van der Waals surface area (Å²) in [5.41, 5.74) is 1.31. The molecule has 2 N–H and O–H groups in total. The highest BCUT2D eigenvalue weighted by atomic mass is 32.2. The van der Waals surface area contributed by atoms with E-state index in [9.17, 15) is 13.2 Å². The smallest absolute Gasteiger partial charge is 0.303 e. The van der Waals surface area contributed by atoms with Crippen LogP contribution in [0.5, 0.6) is 0 Å². The first-order chi connectivity index (χ1) is 9.34. The van der Waals surface area contributed by atoms with E-state index in [0.29, 0.717) is 5.69 Å². The van der Waals surface area contributed by atoms with Gasteiger partial charge in [0.1, 0.15) is 0 Å². The minimum Gasteiger partial charge on any atom is -0.481 e. The first-order valence-corrected chi connectivity index (χ1v) is 7.80. The van der Waals surface area contributed by atoms with Crippen LogP contribution < -0.4 is 4.72 Å². The molecule has 112 valence electrons. The Bertz CT molecular complexity index is 538. The van der Waals surface area contributed by atoms with E-state index in [0.717, 1.165) is 5.56 Å². The number of nitrogens with one attached hydrogen (secondary N) is 1. The molecule has 1 unspecified atom stereocenters. The Balaban J connectivity index is 2.69. The summed E-state index contributed by atoms with van der Waals surface area (Å²) < 4.78 is 30.5. The first-order valence-electron chi connectivity index (χ1n) is 6.15. The zero-order valence-corrected chi connectivity index (χ0v) is 12.3. The Labute approximate surface area is 118 Å². The highest BCUT2D eigenvalue weighted by Gasteiger charge is 2.12. The van der Waals surface area contributed by atoms with Crippen LogP contribution in [0.1, 0.15) is 24.8 Å². The average molecular weight is 301 g/mol. The van der Waals surface area contributed by atoms with Crippen molar-refractivity contribution < 1.29 is 23.1 Å². The summed E-state index contributed by atoms with van der Waals surface area (Å²) in [6, 6.07) is 6.69. The number of benzene rings is 1. The quantitative estimate of drug-likeness (QED) is 0.761. The number of carboxylic acid groups (broad SMARTS) is 1. The third kappa shape index (κ3) is 5.58. The Morgan fingerprint density at radius 2 is 1.95 bits per heavy atom. The maximum Gasteiger partial charge on any atom is 0.303 e. The second-order valence-corrected chi connectivity index (χ2v) is 6.38. The number of sulfonamides is 1. The van der Waals surface area contributed by atoms with Crippen LogP contribution in [0.4, 0.5) is 5.69 Å². The van der Waals surface area contributed by atoms with Crippen LogP contribution in [0.2, 0.25) is 0 Å². The lowest BCUT2D eigenvalue weighted by Crippen LogP contribution is -2.19. The third-order valence-corrected chi connectivity index (χ3v) is 4.04. The number of carboxylic acids is 1. The molecule has 0 fully saturated rings. The second-order valence-electron chi connectivity index (χ2n) is 4.53. The fraction of sp³-hybridized carbons (Fsp3) is 0.462. The standard InChI is InChI=1S/C13H19NO5S/c1-10(9-13(15)16)11-3-5-12(6-4-11)14-20(17,18)8-7-19-2/h3-6,10,14H,7-9H2,1-2H3,(H,15,16). The van der Waals surface area contributed by atoms with E-state index in [4.69, 9.17) is 9.84 Å². The number of hydrogen-bond acceptors (Lipinski definition) is 4. The van der Waals surface area contributed by atoms with Gasteiger partial charge in [0.15, 0.2) is 0 Å². The van der Waals surface area contributed by atoms with Gasteiger partial charge < -0.3 is 9.84 Å². The topological polar surface area (TPSA) is 92.7 Å². The van der Waals surface area contributed by atoms with E-state index in [2.05, 4.69) is 4.72 Å². The molecule has 1 rings (SSSR count). The van der Waals surface area contributed by atoms with Crippen LogP contribution in [0.25, 0.3) is 0 Å². The molecule has 0 saturated carbocycles. The molecule has 0 aliphatic carbocycles. The lowest BCUT2D eigenvalue weighted by molar-refractivity contribution is -0.137. The van der Waals surface area contributed by atoms with Crippen molar-refractivity contribution in [3.05, 3.63) is 29.8 Å². The summed E-state index contributed by atoms with van der Waals surface area (Å²) in [5.74, 6) is -1.09. The van der Waals surface area contributed by atoms with E-state index >= 15 is 0 Å². The molecule has 7 heteroatoms. The molecule has 0 heterocycles. The van der Waals surface area contributed by atoms with Crippen molar-refractivity contribution >= 4 is 21.7 Å². The van der Waals surface area contributed by atoms with Crippen molar-refractivity contribution in [2.45, 2.75) is 19.3 Å². The van der Waals surface area contributed by atoms with Gasteiger partial charge in [0.05, 0.1) is 18.8 Å². The maximum atomic E-state index is 11.7. The molecular weight excluding hydrogens is 282 g/mol. The number of anilines is 1. The van der Waals surface area contributed by atoms with Gasteiger partial charge in [-0.2, -0.15) is 0 Å². The zero-order valence-electron chi connectivity index (χ0n) is 11.5. The van der Waals surface area contributed by atoms with Crippen molar-refractivity contribution in [3.8, 4) is 0 Å². The van der Waals surface area contributed by atoms with Crippen LogP contribution in [-0.4, -0.2) is 39.0 Å². The van der Waals surface area contributed by atoms with Crippen molar-refractivity contribution in [2.75, 3.05) is 24.2 Å². The van der Waals surface area contributed by atoms with Gasteiger partial charge in [0.2, 0.25) is 10.0 Å². The highest BCUT2D eigenvalue weighted by molar-refractivity contribution is 7.92. The van der Waals surface area contributed by atoms with Gasteiger partial charge in [0, 0.05) is 12.8 Å². The fourth-order valence-electron chi connectivity index (χ4n) is 1.68. The van der Waals surface area contributed by atoms with Crippen LogP contribution >= 0.6 is 0 Å². The average Bonchev–Trinajstić information content (AvgIpc) is 2.36. The predicted molar refractivity (Wildman–Crippen MR) is 76.4 cm³/mol. The molecule has 6 nitrogen and oxygen atoms in total. The minimum absolute atomic E-state index is 0.0406. The van der Waals surface area contributed by atoms with Gasteiger partial charge in [-0.25, -0.2) is 8.42 Å². The molecule has 0 aliphatic rings. The molecule has 1 aromatic carbocycles. The molecule has 0 aliphatic heterocycles. The van der Waals surface area contributed by atoms with Crippen LogP contribution in [0.3, 0.4) is 0 Å². The summed E-state index contributed by atoms with van der Waals surface area (Å²) in [7, 11) is -1.98. The maximum absolute atomic E-state index is 11.7. The Morgan fingerprint density at radius 1 is 1.35 bits per heavy atom. The molecule has 20 heavy (non-hydrogen) atoms. The molecule has 1 aromatic rings. The van der Waals surface area contributed by atoms with Gasteiger partial charge in [-0.3, -0.25) is 9.52 Å². The number of ether oxygens (including phenoxy) is 1. The fourth-order valence-corrected chi connectivity index (χ4v) is 2.67. The van der Waals surface area contributed by atoms with Crippen LogP contribution in [0.15, 0.2) is 24.3 Å². The van der Waals surface area contributed by atoms with Crippen molar-refractivity contribution in [3.63, 3.8) is 0 Å². The summed E-state index contributed by atoms with van der Waals surface area (Å²) in [5, 5.41) is 8.73. The Kier molecular flexibility index (Phi) is 5.97. The van der Waals surface area contributed by atoms with Crippen LogP contribution in [-0.2, 0) is 19.6 Å². The SMILES string of the molecule is COCCS(=O)(=O)Nc1ccc(C(C)CC(=O)O)cc1. The summed E-state index contributed by atoms with van der Waals surface area (Å²) in [4.78, 5) is 10.6. The van der Waals surface area contributed by atoms with Gasteiger partial charge >= 0.3 is 5.97 Å². The molecule has 0 saturated heterocycles. The molecule has 0 radical (unpaired) electrons.